The van der Waals surface area contributed by atoms with Crippen molar-refractivity contribution < 1.29 is 9.59 Å². The Balaban J connectivity index is 1.57. The Morgan fingerprint density at radius 3 is 2.72 bits per heavy atom. The van der Waals surface area contributed by atoms with Crippen molar-refractivity contribution in [1.29, 1.82) is 0 Å². The SMILES string of the molecule is O=C(NCc1ccc(Cl)cc1)[C@@H]1CCCN1C(=O)Cc1ccccn1. The van der Waals surface area contributed by atoms with E-state index in [9.17, 15) is 9.59 Å². The van der Waals surface area contributed by atoms with Gasteiger partial charge >= 0.3 is 0 Å². The van der Waals surface area contributed by atoms with Crippen LogP contribution in [0.1, 0.15) is 24.1 Å². The summed E-state index contributed by atoms with van der Waals surface area (Å²) in [5.74, 6) is -0.162. The van der Waals surface area contributed by atoms with E-state index in [1.165, 1.54) is 0 Å². The Labute approximate surface area is 152 Å². The van der Waals surface area contributed by atoms with Crippen molar-refractivity contribution in [2.45, 2.75) is 31.8 Å². The standard InChI is InChI=1S/C19H20ClN3O2/c20-15-8-6-14(7-9-15)13-22-19(25)17-5-3-11-23(17)18(24)12-16-4-1-2-10-21-16/h1-2,4,6-10,17H,3,5,11-13H2,(H,22,25)/t17-/m0/s1. The summed E-state index contributed by atoms with van der Waals surface area (Å²) < 4.78 is 0. The topological polar surface area (TPSA) is 62.3 Å². The van der Waals surface area contributed by atoms with E-state index < -0.39 is 6.04 Å². The smallest absolute Gasteiger partial charge is 0.243 e. The van der Waals surface area contributed by atoms with E-state index in [1.54, 1.807) is 23.2 Å². The summed E-state index contributed by atoms with van der Waals surface area (Å²) in [6.07, 6.45) is 3.43. The fourth-order valence-electron chi connectivity index (χ4n) is 3.01. The highest BCUT2D eigenvalue weighted by Gasteiger charge is 2.33. The molecule has 1 atom stereocenters. The van der Waals surface area contributed by atoms with Crippen molar-refractivity contribution in [2.75, 3.05) is 6.54 Å². The van der Waals surface area contributed by atoms with Gasteiger partial charge in [-0.1, -0.05) is 29.8 Å². The highest BCUT2D eigenvalue weighted by Crippen LogP contribution is 2.19. The average molecular weight is 358 g/mol. The molecule has 130 valence electrons. The first-order valence-corrected chi connectivity index (χ1v) is 8.73. The maximum Gasteiger partial charge on any atom is 0.243 e. The fourth-order valence-corrected chi connectivity index (χ4v) is 3.13. The molecule has 2 aromatic rings. The summed E-state index contributed by atoms with van der Waals surface area (Å²) in [5, 5.41) is 3.58. The van der Waals surface area contributed by atoms with Gasteiger partial charge in [0, 0.05) is 30.0 Å². The molecule has 0 aliphatic carbocycles. The second kappa shape index (κ2) is 8.12. The zero-order chi connectivity index (χ0) is 17.6. The highest BCUT2D eigenvalue weighted by atomic mass is 35.5. The van der Waals surface area contributed by atoms with Gasteiger partial charge < -0.3 is 10.2 Å². The van der Waals surface area contributed by atoms with Gasteiger partial charge in [-0.3, -0.25) is 14.6 Å². The van der Waals surface area contributed by atoms with Crippen LogP contribution >= 0.6 is 11.6 Å². The number of likely N-dealkylation sites (tertiary alicyclic amines) is 1. The molecular formula is C19H20ClN3O2. The second-order valence-corrected chi connectivity index (χ2v) is 6.52. The molecule has 2 amide bonds. The molecule has 6 heteroatoms. The maximum atomic E-state index is 12.5. The van der Waals surface area contributed by atoms with Crippen molar-refractivity contribution in [1.82, 2.24) is 15.2 Å². The van der Waals surface area contributed by atoms with Crippen LogP contribution in [-0.2, 0) is 22.6 Å². The van der Waals surface area contributed by atoms with Crippen molar-refractivity contribution >= 4 is 23.4 Å². The van der Waals surface area contributed by atoms with Crippen LogP contribution in [0.5, 0.6) is 0 Å². The highest BCUT2D eigenvalue weighted by molar-refractivity contribution is 6.30. The lowest BCUT2D eigenvalue weighted by atomic mass is 10.1. The van der Waals surface area contributed by atoms with Crippen LogP contribution in [0.25, 0.3) is 0 Å². The van der Waals surface area contributed by atoms with Gasteiger partial charge in [0.05, 0.1) is 6.42 Å². The normalized spacial score (nSPS) is 16.7. The van der Waals surface area contributed by atoms with Gasteiger partial charge in [-0.2, -0.15) is 0 Å². The quantitative estimate of drug-likeness (QED) is 0.894. The van der Waals surface area contributed by atoms with Crippen LogP contribution in [0.4, 0.5) is 0 Å². The van der Waals surface area contributed by atoms with Crippen LogP contribution in [0.3, 0.4) is 0 Å². The van der Waals surface area contributed by atoms with Gasteiger partial charge in [-0.25, -0.2) is 0 Å². The molecule has 1 aromatic carbocycles. The lowest BCUT2D eigenvalue weighted by Gasteiger charge is -2.24. The molecule has 25 heavy (non-hydrogen) atoms. The third kappa shape index (κ3) is 4.57. The van der Waals surface area contributed by atoms with Crippen LogP contribution in [0, 0.1) is 0 Å². The minimum absolute atomic E-state index is 0.0529. The Morgan fingerprint density at radius 2 is 2.00 bits per heavy atom. The molecule has 3 rings (SSSR count). The van der Waals surface area contributed by atoms with Gasteiger partial charge in [0.1, 0.15) is 6.04 Å². The van der Waals surface area contributed by atoms with Gasteiger partial charge in [0.15, 0.2) is 0 Å². The summed E-state index contributed by atoms with van der Waals surface area (Å²) in [6.45, 7) is 1.04. The number of benzene rings is 1. The first-order valence-electron chi connectivity index (χ1n) is 8.35. The largest absolute Gasteiger partial charge is 0.350 e. The van der Waals surface area contributed by atoms with Crippen LogP contribution in [0.2, 0.25) is 5.02 Å². The Hall–Kier alpha value is -2.40. The van der Waals surface area contributed by atoms with Gasteiger partial charge in [-0.05, 0) is 42.7 Å². The van der Waals surface area contributed by atoms with Gasteiger partial charge in [0.25, 0.3) is 0 Å². The molecule has 1 aromatic heterocycles. The number of carbonyl (C=O) groups is 2. The summed E-state index contributed by atoms with van der Waals surface area (Å²) in [4.78, 5) is 30.9. The fraction of sp³-hybridized carbons (Fsp3) is 0.316. The number of pyridine rings is 1. The molecule has 1 saturated heterocycles. The zero-order valence-electron chi connectivity index (χ0n) is 13.8. The minimum atomic E-state index is -0.400. The molecule has 0 unspecified atom stereocenters. The minimum Gasteiger partial charge on any atom is -0.350 e. The number of nitrogens with one attached hydrogen (secondary N) is 1. The second-order valence-electron chi connectivity index (χ2n) is 6.09. The lowest BCUT2D eigenvalue weighted by Crippen LogP contribution is -2.46. The summed E-state index contributed by atoms with van der Waals surface area (Å²) in [6, 6.07) is 12.4. The molecule has 0 bridgehead atoms. The summed E-state index contributed by atoms with van der Waals surface area (Å²) >= 11 is 5.86. The van der Waals surface area contributed by atoms with E-state index >= 15 is 0 Å². The van der Waals surface area contributed by atoms with Crippen molar-refractivity contribution in [3.63, 3.8) is 0 Å². The average Bonchev–Trinajstić information content (AvgIpc) is 3.12. The van der Waals surface area contributed by atoms with Crippen molar-refractivity contribution in [3.05, 3.63) is 64.9 Å². The first kappa shape index (κ1) is 17.4. The summed E-state index contributed by atoms with van der Waals surface area (Å²) in [5.41, 5.74) is 1.70. The molecule has 1 fully saturated rings. The molecule has 2 heterocycles. The maximum absolute atomic E-state index is 12.5. The van der Waals surface area contributed by atoms with Crippen LogP contribution < -0.4 is 5.32 Å². The molecule has 1 aliphatic heterocycles. The monoisotopic (exact) mass is 357 g/mol. The van der Waals surface area contributed by atoms with Crippen molar-refractivity contribution in [2.24, 2.45) is 0 Å². The van der Waals surface area contributed by atoms with E-state index in [0.717, 1.165) is 17.7 Å². The number of aromatic nitrogens is 1. The van der Waals surface area contributed by atoms with E-state index in [4.69, 9.17) is 11.6 Å². The predicted molar refractivity (Wildman–Crippen MR) is 96.0 cm³/mol. The van der Waals surface area contributed by atoms with E-state index in [-0.39, 0.29) is 18.2 Å². The third-order valence-corrected chi connectivity index (χ3v) is 4.57. The number of carbonyl (C=O) groups excluding carboxylic acids is 2. The zero-order valence-corrected chi connectivity index (χ0v) is 14.6. The number of halogens is 1. The van der Waals surface area contributed by atoms with Crippen LogP contribution in [-0.4, -0.2) is 34.3 Å². The predicted octanol–water partition coefficient (Wildman–Crippen LogP) is 2.58. The van der Waals surface area contributed by atoms with E-state index in [0.29, 0.717) is 24.5 Å². The number of nitrogens with zero attached hydrogens (tertiary/aromatic N) is 2. The molecule has 1 aliphatic rings. The van der Waals surface area contributed by atoms with Crippen LogP contribution in [0.15, 0.2) is 48.7 Å². The van der Waals surface area contributed by atoms with Crippen molar-refractivity contribution in [3.8, 4) is 0 Å². The Morgan fingerprint density at radius 1 is 1.20 bits per heavy atom. The Bertz CT molecular complexity index is 734. The molecule has 1 N–H and O–H groups in total. The summed E-state index contributed by atoms with van der Waals surface area (Å²) in [7, 11) is 0. The van der Waals surface area contributed by atoms with Gasteiger partial charge in [-0.15, -0.1) is 0 Å². The molecule has 5 nitrogen and oxygen atoms in total. The molecule has 0 radical (unpaired) electrons. The Kier molecular flexibility index (Phi) is 5.66. The van der Waals surface area contributed by atoms with E-state index in [1.807, 2.05) is 30.3 Å². The first-order chi connectivity index (χ1) is 12.1. The molecular weight excluding hydrogens is 338 g/mol. The molecule has 0 spiro atoms. The van der Waals surface area contributed by atoms with Gasteiger partial charge in [0.2, 0.25) is 11.8 Å². The number of hydrogen-bond acceptors (Lipinski definition) is 3. The van der Waals surface area contributed by atoms with E-state index in [2.05, 4.69) is 10.3 Å². The molecule has 0 saturated carbocycles. The number of rotatable bonds is 5. The lowest BCUT2D eigenvalue weighted by molar-refractivity contribution is -0.138. The third-order valence-electron chi connectivity index (χ3n) is 4.31. The number of amides is 2. The number of hydrogen-bond donors (Lipinski definition) is 1.